The fourth-order valence-corrected chi connectivity index (χ4v) is 3.77. The highest BCUT2D eigenvalue weighted by Crippen LogP contribution is 2.34. The van der Waals surface area contributed by atoms with Crippen molar-refractivity contribution in [2.24, 2.45) is 10.9 Å². The third kappa shape index (κ3) is 4.55. The van der Waals surface area contributed by atoms with E-state index in [0.717, 1.165) is 35.0 Å². The Morgan fingerprint density at radius 1 is 1.35 bits per heavy atom. The van der Waals surface area contributed by atoms with Gasteiger partial charge in [0.1, 0.15) is 5.69 Å². The summed E-state index contributed by atoms with van der Waals surface area (Å²) >= 11 is 0. The average Bonchev–Trinajstić information content (AvgIpc) is 3.49. The van der Waals surface area contributed by atoms with Crippen molar-refractivity contribution in [1.29, 1.82) is 0 Å². The van der Waals surface area contributed by atoms with Crippen molar-refractivity contribution >= 4 is 23.9 Å². The Labute approximate surface area is 181 Å². The van der Waals surface area contributed by atoms with E-state index in [2.05, 4.69) is 26.4 Å². The lowest BCUT2D eigenvalue weighted by molar-refractivity contribution is 0.0647. The van der Waals surface area contributed by atoms with Gasteiger partial charge in [0.05, 0.1) is 25.5 Å². The minimum atomic E-state index is -0.567. The van der Waals surface area contributed by atoms with Crippen molar-refractivity contribution in [3.8, 4) is 11.3 Å². The molecule has 31 heavy (non-hydrogen) atoms. The first-order valence-electron chi connectivity index (χ1n) is 10.5. The highest BCUT2D eigenvalue weighted by molar-refractivity contribution is 5.95. The maximum Gasteiger partial charge on any atom is 0.408 e. The molecule has 9 nitrogen and oxygen atoms in total. The van der Waals surface area contributed by atoms with Gasteiger partial charge in [0, 0.05) is 37.6 Å². The number of benzene rings is 1. The fraction of sp³-hybridized carbons (Fsp3) is 0.455. The molecule has 0 spiro atoms. The topological polar surface area (TPSA) is 101 Å². The summed E-state index contributed by atoms with van der Waals surface area (Å²) in [6.07, 6.45) is 3.78. The van der Waals surface area contributed by atoms with E-state index in [4.69, 9.17) is 5.10 Å². The van der Waals surface area contributed by atoms with Gasteiger partial charge in [0.2, 0.25) is 0 Å². The van der Waals surface area contributed by atoms with Gasteiger partial charge in [-0.15, -0.1) is 0 Å². The van der Waals surface area contributed by atoms with E-state index in [1.54, 1.807) is 16.6 Å². The van der Waals surface area contributed by atoms with Crippen LogP contribution in [0.5, 0.6) is 0 Å². The summed E-state index contributed by atoms with van der Waals surface area (Å²) in [7, 11) is 3.05. The summed E-state index contributed by atoms with van der Waals surface area (Å²) in [6.45, 7) is 3.48. The second kappa shape index (κ2) is 8.79. The number of aromatic nitrogens is 2. The molecule has 1 aliphatic carbocycles. The quantitative estimate of drug-likeness (QED) is 0.666. The molecule has 9 heteroatoms. The molecule has 1 fully saturated rings. The van der Waals surface area contributed by atoms with Crippen LogP contribution in [-0.2, 0) is 4.74 Å². The van der Waals surface area contributed by atoms with Crippen molar-refractivity contribution in [2.45, 2.75) is 25.8 Å². The number of fused-ring (bicyclic) bond motifs is 1. The second-order valence-corrected chi connectivity index (χ2v) is 8.08. The number of aliphatic imine (C=N–C) groups is 1. The van der Waals surface area contributed by atoms with Crippen molar-refractivity contribution in [3.05, 3.63) is 35.5 Å². The predicted octanol–water partition coefficient (Wildman–Crippen LogP) is 2.75. The Morgan fingerprint density at radius 3 is 2.87 bits per heavy atom. The molecule has 164 valence electrons. The lowest BCUT2D eigenvalue weighted by atomic mass is 10.1. The number of methoxy groups -OCH3 is 1. The molecular weight excluding hydrogens is 396 g/mol. The smallest absolute Gasteiger partial charge is 0.408 e. The SMILES string of the molecule is CN=Cc1ccc(-c2cc3n(n2)[C@@H](C)CN(CNC(=O)OC)C3=O)c(NCC2CC2)c1. The molecule has 2 aromatic rings. The number of carbonyl (C=O) groups is 2. The van der Waals surface area contributed by atoms with Crippen LogP contribution < -0.4 is 10.6 Å². The lowest BCUT2D eigenvalue weighted by Gasteiger charge is -2.31. The molecule has 0 bridgehead atoms. The molecule has 1 saturated carbocycles. The van der Waals surface area contributed by atoms with Gasteiger partial charge in [0.15, 0.2) is 0 Å². The molecule has 0 saturated heterocycles. The molecule has 4 rings (SSSR count). The number of nitrogens with one attached hydrogen (secondary N) is 2. The van der Waals surface area contributed by atoms with Gasteiger partial charge >= 0.3 is 6.09 Å². The van der Waals surface area contributed by atoms with E-state index in [1.165, 1.54) is 20.0 Å². The van der Waals surface area contributed by atoms with Crippen molar-refractivity contribution in [2.75, 3.05) is 39.2 Å². The summed E-state index contributed by atoms with van der Waals surface area (Å²) in [5.41, 5.74) is 4.21. The summed E-state index contributed by atoms with van der Waals surface area (Å²) in [6, 6.07) is 7.90. The van der Waals surface area contributed by atoms with Gasteiger partial charge in [-0.25, -0.2) is 4.79 Å². The predicted molar refractivity (Wildman–Crippen MR) is 119 cm³/mol. The van der Waals surface area contributed by atoms with Crippen LogP contribution in [0.3, 0.4) is 0 Å². The van der Waals surface area contributed by atoms with Gasteiger partial charge in [0.25, 0.3) is 5.91 Å². The Bertz CT molecular complexity index is 1010. The second-order valence-electron chi connectivity index (χ2n) is 8.08. The Morgan fingerprint density at radius 2 is 2.16 bits per heavy atom. The van der Waals surface area contributed by atoms with Gasteiger partial charge < -0.3 is 20.3 Å². The number of ether oxygens (including phenoxy) is 1. The zero-order chi connectivity index (χ0) is 22.0. The normalized spacial score (nSPS) is 18.2. The summed E-state index contributed by atoms with van der Waals surface area (Å²) in [5.74, 6) is 0.555. The van der Waals surface area contributed by atoms with Crippen LogP contribution in [0.25, 0.3) is 11.3 Å². The van der Waals surface area contributed by atoms with Crippen LogP contribution in [0.2, 0.25) is 0 Å². The van der Waals surface area contributed by atoms with Crippen LogP contribution in [0.1, 0.15) is 41.9 Å². The van der Waals surface area contributed by atoms with Crippen LogP contribution in [0, 0.1) is 5.92 Å². The highest BCUT2D eigenvalue weighted by Gasteiger charge is 2.31. The highest BCUT2D eigenvalue weighted by atomic mass is 16.5. The Balaban J connectivity index is 1.62. The van der Waals surface area contributed by atoms with Crippen molar-refractivity contribution in [3.63, 3.8) is 0 Å². The third-order valence-electron chi connectivity index (χ3n) is 5.62. The minimum absolute atomic E-state index is 0.0183. The molecule has 1 aromatic carbocycles. The van der Waals surface area contributed by atoms with Gasteiger partial charge in [-0.2, -0.15) is 5.10 Å². The Hall–Kier alpha value is -3.36. The van der Waals surface area contributed by atoms with E-state index in [-0.39, 0.29) is 18.6 Å². The van der Waals surface area contributed by atoms with E-state index >= 15 is 0 Å². The molecule has 1 atom stereocenters. The number of carbonyl (C=O) groups excluding carboxylic acids is 2. The number of nitrogens with zero attached hydrogens (tertiary/aromatic N) is 4. The number of hydrogen-bond donors (Lipinski definition) is 2. The number of amides is 2. The minimum Gasteiger partial charge on any atom is -0.453 e. The van der Waals surface area contributed by atoms with E-state index in [1.807, 2.05) is 31.3 Å². The van der Waals surface area contributed by atoms with E-state index < -0.39 is 6.09 Å². The number of alkyl carbamates (subject to hydrolysis) is 1. The fourth-order valence-electron chi connectivity index (χ4n) is 3.77. The molecular formula is C22H28N6O3. The monoisotopic (exact) mass is 424 g/mol. The first-order valence-corrected chi connectivity index (χ1v) is 10.5. The molecule has 0 radical (unpaired) electrons. The summed E-state index contributed by atoms with van der Waals surface area (Å²) in [4.78, 5) is 30.1. The molecule has 2 aliphatic rings. The molecule has 2 amide bonds. The molecule has 1 aromatic heterocycles. The van der Waals surface area contributed by atoms with E-state index in [9.17, 15) is 9.59 Å². The summed E-state index contributed by atoms with van der Waals surface area (Å²) < 4.78 is 6.37. The third-order valence-corrected chi connectivity index (χ3v) is 5.62. The van der Waals surface area contributed by atoms with Crippen LogP contribution in [-0.4, -0.2) is 66.8 Å². The first-order chi connectivity index (χ1) is 15.0. The molecule has 0 unspecified atom stereocenters. The van der Waals surface area contributed by atoms with Crippen molar-refractivity contribution in [1.82, 2.24) is 20.0 Å². The van der Waals surface area contributed by atoms with Gasteiger partial charge in [-0.05, 0) is 43.4 Å². The first kappa shape index (κ1) is 20.9. The maximum atomic E-state index is 13.0. The van der Waals surface area contributed by atoms with Crippen LogP contribution >= 0.6 is 0 Å². The molecule has 2 heterocycles. The van der Waals surface area contributed by atoms with Gasteiger partial charge in [-0.3, -0.25) is 14.5 Å². The molecule has 2 N–H and O–H groups in total. The van der Waals surface area contributed by atoms with E-state index in [0.29, 0.717) is 12.2 Å². The maximum absolute atomic E-state index is 13.0. The van der Waals surface area contributed by atoms with Crippen LogP contribution in [0.15, 0.2) is 29.3 Å². The van der Waals surface area contributed by atoms with Crippen LogP contribution in [0.4, 0.5) is 10.5 Å². The zero-order valence-electron chi connectivity index (χ0n) is 18.1. The Kier molecular flexibility index (Phi) is 5.92. The molecule has 1 aliphatic heterocycles. The van der Waals surface area contributed by atoms with Gasteiger partial charge in [-0.1, -0.05) is 12.1 Å². The average molecular weight is 425 g/mol. The number of anilines is 1. The number of rotatable bonds is 7. The van der Waals surface area contributed by atoms with Crippen molar-refractivity contribution < 1.29 is 14.3 Å². The lowest BCUT2D eigenvalue weighted by Crippen LogP contribution is -2.47. The summed E-state index contributed by atoms with van der Waals surface area (Å²) in [5, 5.41) is 10.9. The largest absolute Gasteiger partial charge is 0.453 e. The standard InChI is InChI=1S/C22H28N6O3/c1-14-12-27(13-25-22(30)31-3)21(29)20-9-19(26-28(14)20)17-7-6-16(10-23-2)8-18(17)24-11-15-4-5-15/h6-10,14-15,24H,4-5,11-13H2,1-3H3,(H,25,30)/t14-/m0/s1. The number of hydrogen-bond acceptors (Lipinski definition) is 6. The zero-order valence-corrected chi connectivity index (χ0v) is 18.1.